The van der Waals surface area contributed by atoms with E-state index < -0.39 is 6.60 Å². The third kappa shape index (κ3) is 3.87. The molecule has 0 amide bonds. The maximum atomic E-state index is 2.42. The summed E-state index contributed by atoms with van der Waals surface area (Å²) in [7, 11) is 0. The molecule has 0 saturated heterocycles. The molecule has 0 heterocycles. The molecule has 0 fully saturated rings. The SMILES string of the molecule is Br.CCP(c1ccccc1)(c1ccccc1)(c1ccccc1)c1ccc(CC(C)C)cc1. The predicted molar refractivity (Wildman–Crippen MR) is 151 cm³/mol. The molecule has 0 aliphatic carbocycles. The van der Waals surface area contributed by atoms with Gasteiger partial charge in [-0.2, -0.15) is 0 Å². The zero-order valence-corrected chi connectivity index (χ0v) is 21.9. The Labute approximate surface area is 204 Å². The summed E-state index contributed by atoms with van der Waals surface area (Å²) in [4.78, 5) is 0. The third-order valence-corrected chi connectivity index (χ3v) is 13.8. The van der Waals surface area contributed by atoms with E-state index in [4.69, 9.17) is 0 Å². The van der Waals surface area contributed by atoms with Gasteiger partial charge in [0.25, 0.3) is 0 Å². The van der Waals surface area contributed by atoms with Crippen molar-refractivity contribution in [2.45, 2.75) is 27.2 Å². The number of hydrogen-bond donors (Lipinski definition) is 0. The van der Waals surface area contributed by atoms with E-state index in [1.807, 2.05) is 0 Å². The van der Waals surface area contributed by atoms with E-state index in [0.717, 1.165) is 12.6 Å². The van der Waals surface area contributed by atoms with E-state index in [2.05, 4.69) is 136 Å². The minimum absolute atomic E-state index is 0. The predicted octanol–water partition coefficient (Wildman–Crippen LogP) is 6.64. The molecule has 0 aromatic heterocycles. The van der Waals surface area contributed by atoms with Crippen LogP contribution < -0.4 is 21.2 Å². The van der Waals surface area contributed by atoms with Crippen molar-refractivity contribution in [3.05, 3.63) is 121 Å². The van der Waals surface area contributed by atoms with Crippen LogP contribution in [0.15, 0.2) is 115 Å². The van der Waals surface area contributed by atoms with Crippen LogP contribution >= 0.6 is 23.6 Å². The first-order valence-corrected chi connectivity index (χ1v) is 13.8. The van der Waals surface area contributed by atoms with Crippen LogP contribution in [-0.4, -0.2) is 6.16 Å². The third-order valence-electron chi connectivity index (χ3n) is 6.76. The van der Waals surface area contributed by atoms with E-state index in [-0.39, 0.29) is 17.0 Å². The second-order valence-electron chi connectivity index (χ2n) is 8.89. The van der Waals surface area contributed by atoms with Gasteiger partial charge in [-0.25, -0.2) is 0 Å². The van der Waals surface area contributed by atoms with Crippen molar-refractivity contribution >= 4 is 44.8 Å². The average molecular weight is 505 g/mol. The van der Waals surface area contributed by atoms with E-state index in [1.165, 1.54) is 26.8 Å². The standard InChI is InChI=1S/C30H33P.BrH/c1-4-31(27-14-8-5-9-15-27,28-16-10-6-11-17-28,29-18-12-7-13-19-29)30-22-20-26(21-23-30)24-25(2)3;/h5-23,25H,4,24H2,1-3H3;1H. The number of benzene rings is 4. The van der Waals surface area contributed by atoms with Crippen molar-refractivity contribution in [1.29, 1.82) is 0 Å². The Hall–Kier alpha value is -2.21. The molecule has 0 N–H and O–H groups in total. The quantitative estimate of drug-likeness (QED) is 0.247. The number of halogens is 1. The van der Waals surface area contributed by atoms with Crippen molar-refractivity contribution < 1.29 is 0 Å². The van der Waals surface area contributed by atoms with Crippen LogP contribution in [0.1, 0.15) is 26.3 Å². The van der Waals surface area contributed by atoms with Crippen LogP contribution in [0, 0.1) is 5.92 Å². The van der Waals surface area contributed by atoms with Gasteiger partial charge in [0.05, 0.1) is 0 Å². The normalized spacial score (nSPS) is 12.6. The first-order valence-electron chi connectivity index (χ1n) is 11.4. The molecular formula is C30H34BrP. The van der Waals surface area contributed by atoms with Crippen LogP contribution in [0.25, 0.3) is 0 Å². The van der Waals surface area contributed by atoms with Gasteiger partial charge in [-0.05, 0) is 0 Å². The first-order chi connectivity index (χ1) is 15.1. The molecule has 32 heavy (non-hydrogen) atoms. The molecule has 0 bridgehead atoms. The fourth-order valence-corrected chi connectivity index (χ4v) is 11.9. The van der Waals surface area contributed by atoms with Crippen molar-refractivity contribution in [3.8, 4) is 0 Å². The maximum absolute atomic E-state index is 2.91. The Morgan fingerprint density at radius 2 is 0.875 bits per heavy atom. The molecule has 0 nitrogen and oxygen atoms in total. The van der Waals surface area contributed by atoms with Crippen LogP contribution in [0.2, 0.25) is 0 Å². The van der Waals surface area contributed by atoms with Gasteiger partial charge in [0.1, 0.15) is 0 Å². The second kappa shape index (κ2) is 10.2. The van der Waals surface area contributed by atoms with Gasteiger partial charge in [-0.15, -0.1) is 17.0 Å². The van der Waals surface area contributed by atoms with Crippen LogP contribution in [0.5, 0.6) is 0 Å². The summed E-state index contributed by atoms with van der Waals surface area (Å²) in [6.45, 7) is 4.05. The van der Waals surface area contributed by atoms with Gasteiger partial charge < -0.3 is 0 Å². The summed E-state index contributed by atoms with van der Waals surface area (Å²) in [6.07, 6.45) is 2.16. The summed E-state index contributed by atoms with van der Waals surface area (Å²) in [5.41, 5.74) is 1.42. The average Bonchev–Trinajstić information content (AvgIpc) is 2.83. The van der Waals surface area contributed by atoms with Crippen LogP contribution in [-0.2, 0) is 6.42 Å². The van der Waals surface area contributed by atoms with Crippen LogP contribution in [0.3, 0.4) is 0 Å². The topological polar surface area (TPSA) is 0 Å². The Kier molecular flexibility index (Phi) is 7.75. The summed E-state index contributed by atoms with van der Waals surface area (Å²) >= 11 is 0. The van der Waals surface area contributed by atoms with E-state index in [9.17, 15) is 0 Å². The Bertz CT molecular complexity index is 1000. The molecule has 0 spiro atoms. The molecule has 0 radical (unpaired) electrons. The fraction of sp³-hybridized carbons (Fsp3) is 0.200. The fourth-order valence-electron chi connectivity index (χ4n) is 5.33. The number of rotatable bonds is 7. The molecular weight excluding hydrogens is 471 g/mol. The molecule has 0 saturated carbocycles. The van der Waals surface area contributed by atoms with E-state index in [1.54, 1.807) is 0 Å². The van der Waals surface area contributed by atoms with E-state index in [0.29, 0.717) is 5.92 Å². The minimum atomic E-state index is -2.91. The molecule has 0 aliphatic heterocycles. The van der Waals surface area contributed by atoms with Crippen molar-refractivity contribution in [2.75, 3.05) is 6.16 Å². The van der Waals surface area contributed by atoms with Gasteiger partial charge in [0.2, 0.25) is 0 Å². The molecule has 0 atom stereocenters. The zero-order chi connectivity index (χ0) is 21.8. The van der Waals surface area contributed by atoms with Gasteiger partial charge in [0.15, 0.2) is 0 Å². The van der Waals surface area contributed by atoms with Gasteiger partial charge in [-0.1, -0.05) is 0 Å². The molecule has 4 aromatic rings. The van der Waals surface area contributed by atoms with Crippen molar-refractivity contribution in [1.82, 2.24) is 0 Å². The monoisotopic (exact) mass is 504 g/mol. The zero-order valence-electron chi connectivity index (χ0n) is 19.3. The molecule has 0 unspecified atom stereocenters. The second-order valence-corrected chi connectivity index (χ2v) is 14.2. The summed E-state index contributed by atoms with van der Waals surface area (Å²) in [5, 5.41) is 5.75. The molecule has 4 aromatic carbocycles. The van der Waals surface area contributed by atoms with Gasteiger partial charge >= 0.3 is 188 Å². The molecule has 0 aliphatic rings. The Morgan fingerprint density at radius 3 is 1.19 bits per heavy atom. The Morgan fingerprint density at radius 1 is 0.531 bits per heavy atom. The van der Waals surface area contributed by atoms with Crippen molar-refractivity contribution in [2.24, 2.45) is 5.92 Å². The summed E-state index contributed by atoms with van der Waals surface area (Å²) < 4.78 is 0. The van der Waals surface area contributed by atoms with Gasteiger partial charge in [-0.3, -0.25) is 0 Å². The molecule has 166 valence electrons. The first kappa shape index (κ1) is 24.4. The molecule has 2 heteroatoms. The summed E-state index contributed by atoms with van der Waals surface area (Å²) in [5.74, 6) is 0.657. The molecule has 4 rings (SSSR count). The van der Waals surface area contributed by atoms with Crippen molar-refractivity contribution in [3.63, 3.8) is 0 Å². The number of hydrogen-bond acceptors (Lipinski definition) is 0. The van der Waals surface area contributed by atoms with Crippen LogP contribution in [0.4, 0.5) is 0 Å². The van der Waals surface area contributed by atoms with E-state index >= 15 is 0 Å². The van der Waals surface area contributed by atoms with Gasteiger partial charge in [0, 0.05) is 0 Å². The summed E-state index contributed by atoms with van der Waals surface area (Å²) in [6, 6.07) is 43.3. The Balaban J connectivity index is 0.00000289.